The van der Waals surface area contributed by atoms with Crippen LogP contribution in [-0.2, 0) is 16.2 Å². The highest BCUT2D eigenvalue weighted by molar-refractivity contribution is 5.95. The number of hydrogen-bond acceptors (Lipinski definition) is 1. The van der Waals surface area contributed by atoms with E-state index in [1.165, 1.54) is 77.9 Å². The maximum atomic E-state index is 2.50. The fraction of sp³-hybridized carbons (Fsp3) is 0.158. The van der Waals surface area contributed by atoms with Crippen molar-refractivity contribution in [3.63, 3.8) is 0 Å². The van der Waals surface area contributed by atoms with E-state index in [-0.39, 0.29) is 10.8 Å². The van der Waals surface area contributed by atoms with E-state index >= 15 is 0 Å². The van der Waals surface area contributed by atoms with Gasteiger partial charge < -0.3 is 4.90 Å². The molecular formula is C57H49N. The van der Waals surface area contributed by atoms with Crippen molar-refractivity contribution in [2.45, 2.75) is 57.8 Å². The molecule has 0 radical (unpaired) electrons. The normalized spacial score (nSPS) is 15.1. The van der Waals surface area contributed by atoms with Gasteiger partial charge in [-0.05, 0) is 103 Å². The van der Waals surface area contributed by atoms with Crippen LogP contribution in [0.1, 0.15) is 86.1 Å². The third kappa shape index (κ3) is 4.89. The molecule has 0 heterocycles. The van der Waals surface area contributed by atoms with Gasteiger partial charge in [-0.3, -0.25) is 0 Å². The van der Waals surface area contributed by atoms with Crippen LogP contribution < -0.4 is 4.90 Å². The SMILES string of the molecule is CC.CC1(C)c2ccccc2-c2ccc(N(c3ccc4c(c3)-c3ccccc3C43c4ccccc4C(C)(C)c4ccccc43)c3ccccc3-c3ccccc3)cc21. The molecule has 58 heavy (non-hydrogen) atoms. The van der Waals surface area contributed by atoms with E-state index in [1.807, 2.05) is 13.8 Å². The van der Waals surface area contributed by atoms with E-state index < -0.39 is 5.41 Å². The van der Waals surface area contributed by atoms with Gasteiger partial charge in [0.15, 0.2) is 0 Å². The number of anilines is 3. The van der Waals surface area contributed by atoms with Gasteiger partial charge in [-0.15, -0.1) is 0 Å². The largest absolute Gasteiger partial charge is 0.310 e. The van der Waals surface area contributed by atoms with Crippen molar-refractivity contribution in [3.05, 3.63) is 233 Å². The third-order valence-electron chi connectivity index (χ3n) is 13.4. The highest BCUT2D eigenvalue weighted by Gasteiger charge is 2.53. The Balaban J connectivity index is 0.00000201. The number of para-hydroxylation sites is 1. The molecule has 282 valence electrons. The summed E-state index contributed by atoms with van der Waals surface area (Å²) < 4.78 is 0. The summed E-state index contributed by atoms with van der Waals surface area (Å²) >= 11 is 0. The summed E-state index contributed by atoms with van der Waals surface area (Å²) in [4.78, 5) is 2.50. The zero-order valence-corrected chi connectivity index (χ0v) is 34.3. The molecule has 0 bridgehead atoms. The van der Waals surface area contributed by atoms with Gasteiger partial charge in [-0.25, -0.2) is 0 Å². The summed E-state index contributed by atoms with van der Waals surface area (Å²) in [5.74, 6) is 0. The Kier molecular flexibility index (Phi) is 8.25. The second-order valence-electron chi connectivity index (χ2n) is 16.9. The second kappa shape index (κ2) is 13.3. The first-order valence-electron chi connectivity index (χ1n) is 20.9. The lowest BCUT2D eigenvalue weighted by molar-refractivity contribution is 0.563. The molecule has 1 heteroatoms. The zero-order valence-electron chi connectivity index (χ0n) is 34.3. The summed E-state index contributed by atoms with van der Waals surface area (Å²) in [6.07, 6.45) is 0. The van der Waals surface area contributed by atoms with E-state index in [1.54, 1.807) is 0 Å². The maximum absolute atomic E-state index is 2.50. The highest BCUT2D eigenvalue weighted by Crippen LogP contribution is 2.63. The molecule has 0 atom stereocenters. The monoisotopic (exact) mass is 747 g/mol. The molecule has 3 aliphatic rings. The zero-order chi connectivity index (χ0) is 39.8. The number of rotatable bonds is 4. The first-order chi connectivity index (χ1) is 28.3. The lowest BCUT2D eigenvalue weighted by Gasteiger charge is -2.46. The summed E-state index contributed by atoms with van der Waals surface area (Å²) in [6.45, 7) is 13.5. The quantitative estimate of drug-likeness (QED) is 0.173. The molecule has 8 aromatic carbocycles. The van der Waals surface area contributed by atoms with Gasteiger partial charge >= 0.3 is 0 Å². The van der Waals surface area contributed by atoms with E-state index in [9.17, 15) is 0 Å². The van der Waals surface area contributed by atoms with Crippen LogP contribution in [0.5, 0.6) is 0 Å². The van der Waals surface area contributed by atoms with Gasteiger partial charge in [-0.2, -0.15) is 0 Å². The molecule has 0 fully saturated rings. The highest BCUT2D eigenvalue weighted by atomic mass is 15.1. The number of benzene rings is 8. The minimum atomic E-state index is -0.427. The molecular weight excluding hydrogens is 699 g/mol. The topological polar surface area (TPSA) is 3.24 Å². The van der Waals surface area contributed by atoms with Gasteiger partial charge in [0.05, 0.1) is 11.1 Å². The standard InChI is InChI=1S/C55H43N.C2H6/c1-53(2)44-23-11-8-21-40(44)42-32-30-38(35-51(42)53)56(52-29-17-10-20-39(52)36-18-6-5-7-19-36)37-31-33-46-43(34-37)41-22-9-12-24-45(41)55(46)49-27-15-13-25-47(49)54(3,4)48-26-14-16-28-50(48)55;1-2/h5-35H,1-4H3;1-2H3. The number of fused-ring (bicyclic) bond motifs is 12. The van der Waals surface area contributed by atoms with Crippen molar-refractivity contribution in [1.82, 2.24) is 0 Å². The van der Waals surface area contributed by atoms with Crippen LogP contribution in [0.25, 0.3) is 33.4 Å². The van der Waals surface area contributed by atoms with Crippen molar-refractivity contribution in [2.24, 2.45) is 0 Å². The number of nitrogens with zero attached hydrogens (tertiary/aromatic N) is 1. The van der Waals surface area contributed by atoms with Gasteiger partial charge in [0.1, 0.15) is 0 Å². The molecule has 0 unspecified atom stereocenters. The number of hydrogen-bond donors (Lipinski definition) is 0. The predicted octanol–water partition coefficient (Wildman–Crippen LogP) is 15.2. The van der Waals surface area contributed by atoms with Crippen LogP contribution in [0, 0.1) is 0 Å². The summed E-state index contributed by atoms with van der Waals surface area (Å²) in [6, 6.07) is 70.6. The molecule has 3 aliphatic carbocycles. The fourth-order valence-corrected chi connectivity index (χ4v) is 10.8. The molecule has 8 aromatic rings. The molecule has 0 aromatic heterocycles. The first-order valence-corrected chi connectivity index (χ1v) is 20.9. The van der Waals surface area contributed by atoms with E-state index in [2.05, 4.69) is 221 Å². The van der Waals surface area contributed by atoms with Crippen molar-refractivity contribution < 1.29 is 0 Å². The molecule has 0 saturated carbocycles. The van der Waals surface area contributed by atoms with Crippen LogP contribution in [0.15, 0.2) is 188 Å². The Hall–Kier alpha value is -6.44. The van der Waals surface area contributed by atoms with Crippen molar-refractivity contribution in [3.8, 4) is 33.4 Å². The summed E-state index contributed by atoms with van der Waals surface area (Å²) in [5.41, 5.74) is 21.4. The van der Waals surface area contributed by atoms with Gasteiger partial charge in [0.25, 0.3) is 0 Å². The Bertz CT molecular complexity index is 2820. The molecule has 0 N–H and O–H groups in total. The molecule has 11 rings (SSSR count). The predicted molar refractivity (Wildman–Crippen MR) is 245 cm³/mol. The molecule has 0 saturated heterocycles. The first kappa shape index (κ1) is 35.9. The maximum Gasteiger partial charge on any atom is 0.0719 e. The van der Waals surface area contributed by atoms with Crippen LogP contribution in [-0.4, -0.2) is 0 Å². The third-order valence-corrected chi connectivity index (χ3v) is 13.4. The lowest BCUT2D eigenvalue weighted by Crippen LogP contribution is -2.40. The van der Waals surface area contributed by atoms with E-state index in [0.717, 1.165) is 17.1 Å². The molecule has 1 spiro atoms. The van der Waals surface area contributed by atoms with E-state index in [0.29, 0.717) is 0 Å². The Morgan fingerprint density at radius 2 is 0.741 bits per heavy atom. The summed E-state index contributed by atoms with van der Waals surface area (Å²) in [7, 11) is 0. The van der Waals surface area contributed by atoms with Crippen LogP contribution >= 0.6 is 0 Å². The minimum absolute atomic E-state index is 0.120. The smallest absolute Gasteiger partial charge is 0.0719 e. The van der Waals surface area contributed by atoms with Crippen molar-refractivity contribution in [2.75, 3.05) is 4.90 Å². The van der Waals surface area contributed by atoms with E-state index in [4.69, 9.17) is 0 Å². The lowest BCUT2D eigenvalue weighted by atomic mass is 9.55. The van der Waals surface area contributed by atoms with Crippen molar-refractivity contribution >= 4 is 17.1 Å². The van der Waals surface area contributed by atoms with Gasteiger partial charge in [-0.1, -0.05) is 199 Å². The van der Waals surface area contributed by atoms with Gasteiger partial charge in [0, 0.05) is 27.8 Å². The molecule has 0 amide bonds. The Labute approximate surface area is 344 Å². The van der Waals surface area contributed by atoms with Crippen LogP contribution in [0.4, 0.5) is 17.1 Å². The summed E-state index contributed by atoms with van der Waals surface area (Å²) in [5, 5.41) is 0. The van der Waals surface area contributed by atoms with Crippen molar-refractivity contribution in [1.29, 1.82) is 0 Å². The second-order valence-corrected chi connectivity index (χ2v) is 16.9. The fourth-order valence-electron chi connectivity index (χ4n) is 10.8. The minimum Gasteiger partial charge on any atom is -0.310 e. The average molecular weight is 748 g/mol. The Morgan fingerprint density at radius 3 is 1.40 bits per heavy atom. The van der Waals surface area contributed by atoms with Crippen LogP contribution in [0.3, 0.4) is 0 Å². The Morgan fingerprint density at radius 1 is 0.310 bits per heavy atom. The van der Waals surface area contributed by atoms with Crippen LogP contribution in [0.2, 0.25) is 0 Å². The molecule has 1 nitrogen and oxygen atoms in total. The molecule has 0 aliphatic heterocycles. The average Bonchev–Trinajstić information content (AvgIpc) is 3.69. The van der Waals surface area contributed by atoms with Gasteiger partial charge in [0.2, 0.25) is 0 Å².